The van der Waals surface area contributed by atoms with E-state index in [4.69, 9.17) is 9.47 Å². The van der Waals surface area contributed by atoms with Crippen molar-refractivity contribution in [2.24, 2.45) is 0 Å². The van der Waals surface area contributed by atoms with Gasteiger partial charge in [-0.15, -0.1) is 11.3 Å². The number of fused-ring (bicyclic) bond motifs is 1. The second kappa shape index (κ2) is 8.55. The molecule has 0 fully saturated rings. The molecule has 7 heteroatoms. The van der Waals surface area contributed by atoms with Crippen molar-refractivity contribution in [3.63, 3.8) is 0 Å². The molecular weight excluding hydrogens is 352 g/mol. The molecule has 1 aromatic heterocycles. The number of hydrogen-bond donors (Lipinski definition) is 1. The summed E-state index contributed by atoms with van der Waals surface area (Å²) in [7, 11) is 0. The number of benzene rings is 2. The van der Waals surface area contributed by atoms with Gasteiger partial charge < -0.3 is 14.8 Å². The maximum atomic E-state index is 11.8. The highest BCUT2D eigenvalue weighted by Crippen LogP contribution is 2.21. The van der Waals surface area contributed by atoms with Crippen molar-refractivity contribution >= 4 is 39.1 Å². The first-order valence-corrected chi connectivity index (χ1v) is 8.87. The summed E-state index contributed by atoms with van der Waals surface area (Å²) in [4.78, 5) is 27.9. The lowest BCUT2D eigenvalue weighted by Crippen LogP contribution is -2.23. The number of nitrogens with one attached hydrogen (secondary N) is 1. The van der Waals surface area contributed by atoms with Crippen molar-refractivity contribution in [2.45, 2.75) is 13.5 Å². The number of thiazole rings is 1. The van der Waals surface area contributed by atoms with Crippen LogP contribution < -0.4 is 5.32 Å². The molecule has 134 valence electrons. The maximum absolute atomic E-state index is 11.8. The molecule has 0 unspecified atom stereocenters. The molecular formula is C19H18N2O4S. The number of para-hydroxylation sites is 2. The predicted molar refractivity (Wildman–Crippen MR) is 100 cm³/mol. The fourth-order valence-electron chi connectivity index (χ4n) is 2.29. The minimum atomic E-state index is -0.592. The lowest BCUT2D eigenvalue weighted by Gasteiger charge is -2.08. The van der Waals surface area contributed by atoms with E-state index < -0.39 is 5.97 Å². The standard InChI is InChI=1S/C19H18N2O4S/c1-13-6-2-3-7-14(13)20-17(22)10-25-19(23)12-24-11-18-21-15-8-4-5-9-16(15)26-18/h2-9H,10-12H2,1H3,(H,20,22). The Morgan fingerprint density at radius 3 is 2.65 bits per heavy atom. The quantitative estimate of drug-likeness (QED) is 0.646. The summed E-state index contributed by atoms with van der Waals surface area (Å²) in [6.45, 7) is 1.53. The molecule has 3 aromatic rings. The normalized spacial score (nSPS) is 10.7. The number of amides is 1. The predicted octanol–water partition coefficient (Wildman–Crippen LogP) is 3.30. The summed E-state index contributed by atoms with van der Waals surface area (Å²) in [5, 5.41) is 3.49. The molecule has 1 amide bonds. The largest absolute Gasteiger partial charge is 0.454 e. The Morgan fingerprint density at radius 2 is 1.85 bits per heavy atom. The molecule has 6 nitrogen and oxygen atoms in total. The van der Waals surface area contributed by atoms with Gasteiger partial charge in [0.15, 0.2) is 6.61 Å². The Labute approximate surface area is 154 Å². The summed E-state index contributed by atoms with van der Waals surface area (Å²) >= 11 is 1.52. The molecule has 0 saturated carbocycles. The van der Waals surface area contributed by atoms with Gasteiger partial charge in [0, 0.05) is 5.69 Å². The molecule has 0 atom stereocenters. The van der Waals surface area contributed by atoms with E-state index in [-0.39, 0.29) is 25.7 Å². The molecule has 0 saturated heterocycles. The third-order valence-corrected chi connectivity index (χ3v) is 4.58. The third kappa shape index (κ3) is 4.87. The van der Waals surface area contributed by atoms with E-state index >= 15 is 0 Å². The van der Waals surface area contributed by atoms with Gasteiger partial charge in [-0.3, -0.25) is 4.79 Å². The molecule has 0 spiro atoms. The average Bonchev–Trinajstić information content (AvgIpc) is 3.05. The average molecular weight is 370 g/mol. The molecule has 0 radical (unpaired) electrons. The first-order chi connectivity index (χ1) is 12.6. The summed E-state index contributed by atoms with van der Waals surface area (Å²) in [5.41, 5.74) is 2.54. The Kier molecular flexibility index (Phi) is 5.93. The Hall–Kier alpha value is -2.77. The minimum absolute atomic E-state index is 0.226. The molecule has 2 aromatic carbocycles. The van der Waals surface area contributed by atoms with Gasteiger partial charge >= 0.3 is 5.97 Å². The number of ether oxygens (including phenoxy) is 2. The molecule has 0 aliphatic carbocycles. The Balaban J connectivity index is 1.38. The van der Waals surface area contributed by atoms with Crippen LogP contribution in [0.1, 0.15) is 10.6 Å². The van der Waals surface area contributed by atoms with Crippen molar-refractivity contribution in [2.75, 3.05) is 18.5 Å². The molecule has 0 aliphatic heterocycles. The van der Waals surface area contributed by atoms with E-state index in [2.05, 4.69) is 10.3 Å². The van der Waals surface area contributed by atoms with Gasteiger partial charge in [-0.05, 0) is 30.7 Å². The van der Waals surface area contributed by atoms with Crippen LogP contribution in [0.15, 0.2) is 48.5 Å². The Bertz CT molecular complexity index is 890. The first kappa shape index (κ1) is 18.0. The number of aryl methyl sites for hydroxylation is 1. The van der Waals surface area contributed by atoms with Gasteiger partial charge in [0.2, 0.25) is 0 Å². The highest BCUT2D eigenvalue weighted by Gasteiger charge is 2.10. The lowest BCUT2D eigenvalue weighted by molar-refractivity contribution is -0.152. The van der Waals surface area contributed by atoms with Crippen LogP contribution in [0.4, 0.5) is 5.69 Å². The van der Waals surface area contributed by atoms with E-state index in [1.807, 2.05) is 49.4 Å². The molecule has 1 heterocycles. The lowest BCUT2D eigenvalue weighted by atomic mass is 10.2. The number of esters is 1. The van der Waals surface area contributed by atoms with Gasteiger partial charge in [0.05, 0.1) is 16.8 Å². The van der Waals surface area contributed by atoms with E-state index in [1.54, 1.807) is 6.07 Å². The van der Waals surface area contributed by atoms with Crippen LogP contribution in [0, 0.1) is 6.92 Å². The molecule has 26 heavy (non-hydrogen) atoms. The van der Waals surface area contributed by atoms with Crippen LogP contribution >= 0.6 is 11.3 Å². The van der Waals surface area contributed by atoms with E-state index in [9.17, 15) is 9.59 Å². The van der Waals surface area contributed by atoms with Gasteiger partial charge in [0.25, 0.3) is 5.91 Å². The molecule has 3 rings (SSSR count). The number of aromatic nitrogens is 1. The van der Waals surface area contributed by atoms with Crippen LogP contribution in [0.2, 0.25) is 0 Å². The number of carbonyl (C=O) groups excluding carboxylic acids is 2. The van der Waals surface area contributed by atoms with Crippen LogP contribution in [0.25, 0.3) is 10.2 Å². The smallest absolute Gasteiger partial charge is 0.332 e. The fourth-order valence-corrected chi connectivity index (χ4v) is 3.20. The van der Waals surface area contributed by atoms with Crippen molar-refractivity contribution in [3.8, 4) is 0 Å². The van der Waals surface area contributed by atoms with Crippen molar-refractivity contribution in [1.82, 2.24) is 4.98 Å². The number of hydrogen-bond acceptors (Lipinski definition) is 6. The Morgan fingerprint density at radius 1 is 1.08 bits per heavy atom. The highest BCUT2D eigenvalue weighted by molar-refractivity contribution is 7.18. The third-order valence-electron chi connectivity index (χ3n) is 3.57. The van der Waals surface area contributed by atoms with Gasteiger partial charge in [0.1, 0.15) is 11.6 Å². The van der Waals surface area contributed by atoms with E-state index in [0.29, 0.717) is 5.69 Å². The summed E-state index contributed by atoms with van der Waals surface area (Å²) in [6, 6.07) is 15.2. The monoisotopic (exact) mass is 370 g/mol. The maximum Gasteiger partial charge on any atom is 0.332 e. The molecule has 0 aliphatic rings. The van der Waals surface area contributed by atoms with Crippen LogP contribution in [0.3, 0.4) is 0 Å². The van der Waals surface area contributed by atoms with E-state index in [0.717, 1.165) is 20.8 Å². The van der Waals surface area contributed by atoms with Gasteiger partial charge in [-0.1, -0.05) is 30.3 Å². The number of carbonyl (C=O) groups is 2. The van der Waals surface area contributed by atoms with Gasteiger partial charge in [-0.25, -0.2) is 9.78 Å². The van der Waals surface area contributed by atoms with Crippen molar-refractivity contribution in [1.29, 1.82) is 0 Å². The zero-order valence-corrected chi connectivity index (χ0v) is 15.0. The number of anilines is 1. The topological polar surface area (TPSA) is 77.5 Å². The van der Waals surface area contributed by atoms with E-state index in [1.165, 1.54) is 11.3 Å². The minimum Gasteiger partial charge on any atom is -0.454 e. The second-order valence-corrected chi connectivity index (χ2v) is 6.71. The highest BCUT2D eigenvalue weighted by atomic mass is 32.1. The number of rotatable bonds is 7. The fraction of sp³-hybridized carbons (Fsp3) is 0.211. The summed E-state index contributed by atoms with van der Waals surface area (Å²) in [5.74, 6) is -0.982. The zero-order chi connectivity index (χ0) is 18.4. The first-order valence-electron chi connectivity index (χ1n) is 8.05. The van der Waals surface area contributed by atoms with Crippen LogP contribution in [-0.4, -0.2) is 30.1 Å². The number of nitrogens with zero attached hydrogens (tertiary/aromatic N) is 1. The molecule has 0 bridgehead atoms. The van der Waals surface area contributed by atoms with Gasteiger partial charge in [-0.2, -0.15) is 0 Å². The molecule has 1 N–H and O–H groups in total. The zero-order valence-electron chi connectivity index (χ0n) is 14.2. The second-order valence-electron chi connectivity index (χ2n) is 5.59. The SMILES string of the molecule is Cc1ccccc1NC(=O)COC(=O)COCc1nc2ccccc2s1. The van der Waals surface area contributed by atoms with Crippen LogP contribution in [-0.2, 0) is 25.7 Å². The summed E-state index contributed by atoms with van der Waals surface area (Å²) < 4.78 is 11.3. The van der Waals surface area contributed by atoms with Crippen molar-refractivity contribution < 1.29 is 19.1 Å². The summed E-state index contributed by atoms with van der Waals surface area (Å²) in [6.07, 6.45) is 0. The van der Waals surface area contributed by atoms with Crippen molar-refractivity contribution in [3.05, 3.63) is 59.1 Å². The van der Waals surface area contributed by atoms with Crippen LogP contribution in [0.5, 0.6) is 0 Å².